The summed E-state index contributed by atoms with van der Waals surface area (Å²) in [5.41, 5.74) is 0.432. The highest BCUT2D eigenvalue weighted by Gasteiger charge is 2.45. The molecule has 0 saturated carbocycles. The zero-order valence-electron chi connectivity index (χ0n) is 20.3. The highest BCUT2D eigenvalue weighted by Crippen LogP contribution is 2.36. The number of carboxylic acid groups (broad SMARTS) is 1. The number of anilines is 1. The largest absolute Gasteiger partial charge is 0.465 e. The van der Waals surface area contributed by atoms with Crippen molar-refractivity contribution in [1.82, 2.24) is 14.8 Å². The molecule has 0 aliphatic carbocycles. The van der Waals surface area contributed by atoms with Crippen LogP contribution in [0.1, 0.15) is 31.7 Å². The zero-order valence-corrected chi connectivity index (χ0v) is 20.3. The van der Waals surface area contributed by atoms with Gasteiger partial charge in [0.25, 0.3) is 0 Å². The van der Waals surface area contributed by atoms with Gasteiger partial charge in [0.1, 0.15) is 11.6 Å². The van der Waals surface area contributed by atoms with Crippen LogP contribution in [0.25, 0.3) is 0 Å². The van der Waals surface area contributed by atoms with Crippen molar-refractivity contribution < 1.29 is 28.3 Å². The maximum absolute atomic E-state index is 14.0. The lowest BCUT2D eigenvalue weighted by molar-refractivity contribution is -0.140. The third-order valence-electron chi connectivity index (χ3n) is 7.38. The first-order valence-electron chi connectivity index (χ1n) is 12.1. The molecule has 1 aromatic carbocycles. The molecule has 3 heterocycles. The molecule has 0 bridgehead atoms. The molecule has 192 valence electrons. The number of Topliss-reactive ketones (excluding diaryl/α,β-unsaturated/α-hetero) is 1. The topological polar surface area (TPSA) is 94.1 Å². The summed E-state index contributed by atoms with van der Waals surface area (Å²) in [7, 11) is 0. The number of ketones is 1. The molecular weight excluding hydrogens is 470 g/mol. The lowest BCUT2D eigenvalue weighted by atomic mass is 9.82. The molecule has 1 aromatic heterocycles. The number of nitrogens with zero attached hydrogens (tertiary/aromatic N) is 4. The summed E-state index contributed by atoms with van der Waals surface area (Å²) < 4.78 is 27.6. The van der Waals surface area contributed by atoms with Crippen LogP contribution in [0.2, 0.25) is 0 Å². The Bertz CT molecular complexity index is 1130. The van der Waals surface area contributed by atoms with E-state index >= 15 is 0 Å². The van der Waals surface area contributed by atoms with E-state index in [2.05, 4.69) is 4.98 Å². The molecule has 1 N–H and O–H groups in total. The summed E-state index contributed by atoms with van der Waals surface area (Å²) in [4.78, 5) is 47.4. The van der Waals surface area contributed by atoms with Gasteiger partial charge in [-0.3, -0.25) is 9.59 Å². The number of piperidine rings is 1. The number of pyridine rings is 1. The first kappa shape index (κ1) is 25.5. The van der Waals surface area contributed by atoms with E-state index in [9.17, 15) is 28.3 Å². The van der Waals surface area contributed by atoms with Crippen molar-refractivity contribution in [2.24, 2.45) is 11.8 Å². The molecule has 0 radical (unpaired) electrons. The van der Waals surface area contributed by atoms with E-state index in [-0.39, 0.29) is 31.3 Å². The number of aromatic nitrogens is 1. The Hall–Kier alpha value is -3.56. The van der Waals surface area contributed by atoms with Gasteiger partial charge < -0.3 is 19.8 Å². The van der Waals surface area contributed by atoms with Crippen molar-refractivity contribution in [3.05, 3.63) is 59.8 Å². The molecule has 2 unspecified atom stereocenters. The maximum Gasteiger partial charge on any atom is 0.407 e. The molecule has 2 fully saturated rings. The quantitative estimate of drug-likeness (QED) is 0.654. The molecule has 36 heavy (non-hydrogen) atoms. The summed E-state index contributed by atoms with van der Waals surface area (Å²) in [6.07, 6.45) is 0.988. The lowest BCUT2D eigenvalue weighted by Gasteiger charge is -2.38. The Morgan fingerprint density at radius 3 is 2.47 bits per heavy atom. The van der Waals surface area contributed by atoms with E-state index in [0.717, 1.165) is 18.0 Å². The van der Waals surface area contributed by atoms with Gasteiger partial charge in [-0.05, 0) is 50.1 Å². The van der Waals surface area contributed by atoms with Crippen molar-refractivity contribution >= 4 is 23.6 Å². The standard InChI is InChI=1S/C26H30F2N4O4/c1-3-32(26(35)36)23-15-31(14-20(23)17-7-8-21(27)22(28)12-17)25(34)18-9-11-30(13-19(18)16(2)33)24-6-4-5-10-29-24/h4-8,10,12,18-20,23H,3,9,11,13-15H2,1-2H3,(H,35,36)/t18?,19?,20-,23+/m0/s1. The lowest BCUT2D eigenvalue weighted by Crippen LogP contribution is -2.50. The summed E-state index contributed by atoms with van der Waals surface area (Å²) in [5, 5.41) is 9.76. The highest BCUT2D eigenvalue weighted by atomic mass is 19.2. The van der Waals surface area contributed by atoms with Crippen molar-refractivity contribution in [3.63, 3.8) is 0 Å². The van der Waals surface area contributed by atoms with Gasteiger partial charge in [-0.25, -0.2) is 18.6 Å². The van der Waals surface area contributed by atoms with Gasteiger partial charge in [-0.2, -0.15) is 0 Å². The van der Waals surface area contributed by atoms with Crippen LogP contribution in [0, 0.1) is 23.5 Å². The average molecular weight is 501 g/mol. The van der Waals surface area contributed by atoms with Crippen molar-refractivity contribution in [2.45, 2.75) is 32.2 Å². The van der Waals surface area contributed by atoms with Gasteiger partial charge in [0, 0.05) is 50.8 Å². The highest BCUT2D eigenvalue weighted by molar-refractivity contribution is 5.89. The fourth-order valence-corrected chi connectivity index (χ4v) is 5.51. The van der Waals surface area contributed by atoms with Crippen LogP contribution in [0.5, 0.6) is 0 Å². The van der Waals surface area contributed by atoms with Crippen LogP contribution < -0.4 is 4.90 Å². The number of rotatable bonds is 6. The van der Waals surface area contributed by atoms with E-state index in [1.165, 1.54) is 17.9 Å². The minimum Gasteiger partial charge on any atom is -0.465 e. The minimum atomic E-state index is -1.14. The molecule has 2 amide bonds. The Labute approximate surface area is 208 Å². The molecule has 2 aliphatic heterocycles. The Morgan fingerprint density at radius 1 is 1.08 bits per heavy atom. The Kier molecular flexibility index (Phi) is 7.51. The molecular formula is C26H30F2N4O4. The van der Waals surface area contributed by atoms with Crippen LogP contribution in [0.4, 0.5) is 19.4 Å². The first-order chi connectivity index (χ1) is 17.2. The SMILES string of the molecule is CCN(C(=O)O)[C@@H]1CN(C(=O)C2CCN(c3ccccn3)CC2C(C)=O)C[C@H]1c1ccc(F)c(F)c1. The minimum absolute atomic E-state index is 0.0948. The van der Waals surface area contributed by atoms with Gasteiger partial charge in [-0.15, -0.1) is 0 Å². The second kappa shape index (κ2) is 10.6. The number of likely N-dealkylation sites (N-methyl/N-ethyl adjacent to an activating group) is 1. The zero-order chi connectivity index (χ0) is 26.0. The first-order valence-corrected chi connectivity index (χ1v) is 12.1. The summed E-state index contributed by atoms with van der Waals surface area (Å²) in [6, 6.07) is 8.44. The second-order valence-electron chi connectivity index (χ2n) is 9.41. The van der Waals surface area contributed by atoms with Gasteiger partial charge in [-0.1, -0.05) is 12.1 Å². The maximum atomic E-state index is 14.0. The van der Waals surface area contributed by atoms with Gasteiger partial charge in [0.15, 0.2) is 11.6 Å². The van der Waals surface area contributed by atoms with Crippen molar-refractivity contribution in [1.29, 1.82) is 0 Å². The number of hydrogen-bond donors (Lipinski definition) is 1. The van der Waals surface area contributed by atoms with E-state index in [1.54, 1.807) is 18.0 Å². The number of hydrogen-bond acceptors (Lipinski definition) is 5. The smallest absolute Gasteiger partial charge is 0.407 e. The van der Waals surface area contributed by atoms with Crippen LogP contribution >= 0.6 is 0 Å². The van der Waals surface area contributed by atoms with E-state index < -0.39 is 41.5 Å². The monoisotopic (exact) mass is 500 g/mol. The number of halogens is 2. The van der Waals surface area contributed by atoms with E-state index in [1.807, 2.05) is 23.1 Å². The molecule has 2 saturated heterocycles. The molecule has 10 heteroatoms. The van der Waals surface area contributed by atoms with E-state index in [0.29, 0.717) is 25.1 Å². The second-order valence-corrected chi connectivity index (χ2v) is 9.41. The van der Waals surface area contributed by atoms with E-state index in [4.69, 9.17) is 0 Å². The van der Waals surface area contributed by atoms with Gasteiger partial charge in [0.05, 0.1) is 12.0 Å². The molecule has 4 atom stereocenters. The van der Waals surface area contributed by atoms with Crippen LogP contribution in [-0.2, 0) is 9.59 Å². The molecule has 8 nitrogen and oxygen atoms in total. The predicted octanol–water partition coefficient (Wildman–Crippen LogP) is 3.39. The molecule has 2 aromatic rings. The third kappa shape index (κ3) is 5.03. The number of likely N-dealkylation sites (tertiary alicyclic amines) is 1. The number of amides is 2. The Balaban J connectivity index is 1.58. The number of carbonyl (C=O) groups is 3. The van der Waals surface area contributed by atoms with Crippen molar-refractivity contribution in [3.8, 4) is 0 Å². The number of carbonyl (C=O) groups excluding carboxylic acids is 2. The van der Waals surface area contributed by atoms with Crippen LogP contribution in [0.15, 0.2) is 42.6 Å². The fraction of sp³-hybridized carbons (Fsp3) is 0.462. The van der Waals surface area contributed by atoms with Crippen LogP contribution in [-0.4, -0.2) is 76.4 Å². The molecule has 0 spiro atoms. The van der Waals surface area contributed by atoms with Gasteiger partial charge >= 0.3 is 6.09 Å². The Morgan fingerprint density at radius 2 is 1.86 bits per heavy atom. The predicted molar refractivity (Wildman–Crippen MR) is 129 cm³/mol. The van der Waals surface area contributed by atoms with Gasteiger partial charge in [0.2, 0.25) is 5.91 Å². The molecule has 4 rings (SSSR count). The number of benzene rings is 1. The summed E-state index contributed by atoms with van der Waals surface area (Å²) >= 11 is 0. The van der Waals surface area contributed by atoms with Crippen LogP contribution in [0.3, 0.4) is 0 Å². The summed E-state index contributed by atoms with van der Waals surface area (Å²) in [6.45, 7) is 4.55. The fourth-order valence-electron chi connectivity index (χ4n) is 5.51. The normalized spacial score (nSPS) is 24.0. The average Bonchev–Trinajstić information content (AvgIpc) is 3.30. The molecule has 2 aliphatic rings. The summed E-state index contributed by atoms with van der Waals surface area (Å²) in [5.74, 6) is -3.18. The third-order valence-corrected chi connectivity index (χ3v) is 7.38. The van der Waals surface area contributed by atoms with Crippen molar-refractivity contribution in [2.75, 3.05) is 37.6 Å².